The third kappa shape index (κ3) is 3.83. The largest absolute Gasteiger partial charge is 0.360 e. The fourth-order valence-corrected chi connectivity index (χ4v) is 4.65. The molecule has 3 aliphatic rings. The van der Waals surface area contributed by atoms with Gasteiger partial charge in [0.2, 0.25) is 16.9 Å². The number of piperidine rings is 1. The van der Waals surface area contributed by atoms with E-state index in [4.69, 9.17) is 0 Å². The lowest BCUT2D eigenvalue weighted by atomic mass is 10.0. The zero-order valence-corrected chi connectivity index (χ0v) is 17.5. The first-order chi connectivity index (χ1) is 15.0. The van der Waals surface area contributed by atoms with Crippen LogP contribution in [0.2, 0.25) is 0 Å². The van der Waals surface area contributed by atoms with E-state index in [9.17, 15) is 19.2 Å². The third-order valence-electron chi connectivity index (χ3n) is 5.81. The van der Waals surface area contributed by atoms with Crippen molar-refractivity contribution in [2.24, 2.45) is 0 Å². The van der Waals surface area contributed by atoms with Gasteiger partial charge in [0.1, 0.15) is 11.9 Å². The van der Waals surface area contributed by atoms with Crippen molar-refractivity contribution in [1.82, 2.24) is 19.6 Å². The van der Waals surface area contributed by atoms with Crippen molar-refractivity contribution >= 4 is 40.3 Å². The number of aryl methyl sites for hydroxylation is 1. The number of rotatable bonds is 7. The molecule has 0 spiro atoms. The summed E-state index contributed by atoms with van der Waals surface area (Å²) in [5, 5.41) is 6.32. The molecule has 2 aromatic rings. The predicted molar refractivity (Wildman–Crippen MR) is 112 cm³/mol. The van der Waals surface area contributed by atoms with Crippen LogP contribution in [0.25, 0.3) is 0 Å². The number of nitrogens with one attached hydrogen (secondary N) is 2. The summed E-state index contributed by atoms with van der Waals surface area (Å²) >= 11 is 1.38. The summed E-state index contributed by atoms with van der Waals surface area (Å²) in [6.07, 6.45) is 4.18. The van der Waals surface area contributed by atoms with E-state index < -0.39 is 23.8 Å². The number of hydrogen-bond donors (Lipinski definition) is 2. The van der Waals surface area contributed by atoms with Crippen molar-refractivity contribution in [3.05, 3.63) is 40.7 Å². The highest BCUT2D eigenvalue weighted by Gasteiger charge is 2.44. The Hall–Kier alpha value is -3.14. The van der Waals surface area contributed by atoms with Crippen molar-refractivity contribution < 1.29 is 19.2 Å². The van der Waals surface area contributed by atoms with Gasteiger partial charge in [-0.05, 0) is 49.8 Å². The third-order valence-corrected chi connectivity index (χ3v) is 6.49. The average molecular weight is 439 g/mol. The number of imide groups is 2. The maximum absolute atomic E-state index is 12.9. The Balaban J connectivity index is 1.20. The Bertz CT molecular complexity index is 1090. The van der Waals surface area contributed by atoms with Crippen LogP contribution in [0, 0.1) is 0 Å². The van der Waals surface area contributed by atoms with Gasteiger partial charge in [-0.1, -0.05) is 6.07 Å². The molecule has 0 radical (unpaired) electrons. The number of nitrogens with zero attached hydrogens (tertiary/aromatic N) is 3. The van der Waals surface area contributed by atoms with E-state index in [1.165, 1.54) is 24.4 Å². The van der Waals surface area contributed by atoms with Crippen LogP contribution in [0.3, 0.4) is 0 Å². The molecule has 1 saturated carbocycles. The molecule has 1 aliphatic carbocycles. The molecule has 10 heteroatoms. The summed E-state index contributed by atoms with van der Waals surface area (Å²) in [7, 11) is 0. The molecule has 1 aromatic heterocycles. The summed E-state index contributed by atoms with van der Waals surface area (Å²) in [4.78, 5) is 54.6. The molecule has 1 unspecified atom stereocenters. The summed E-state index contributed by atoms with van der Waals surface area (Å²) in [6, 6.07) is 4.29. The van der Waals surface area contributed by atoms with Crippen molar-refractivity contribution in [3.8, 4) is 0 Å². The van der Waals surface area contributed by atoms with Crippen LogP contribution in [0.15, 0.2) is 18.2 Å². The predicted octanol–water partition coefficient (Wildman–Crippen LogP) is 1.86. The zero-order chi connectivity index (χ0) is 21.5. The van der Waals surface area contributed by atoms with Crippen LogP contribution in [0.5, 0.6) is 0 Å². The fourth-order valence-electron chi connectivity index (χ4n) is 3.98. The number of hydrogen-bond acceptors (Lipinski definition) is 8. The molecule has 3 heterocycles. The zero-order valence-electron chi connectivity index (χ0n) is 16.7. The SMILES string of the molecule is O=C1CCC(N2C(=O)c3ccc(CCCNc4nc(C5CC5)ns4)cc3C2=O)C(=O)N1. The standard InChI is InChI=1S/C21H21N5O4S/c27-16-8-7-15(18(28)23-16)26-19(29)13-6-3-11(10-14(13)20(26)30)2-1-9-22-21-24-17(25-31-21)12-4-5-12/h3,6,10,12,15H,1-2,4-5,7-9H2,(H,22,24,25)(H,23,27,28). The maximum Gasteiger partial charge on any atom is 0.262 e. The molecule has 4 amide bonds. The van der Waals surface area contributed by atoms with Gasteiger partial charge in [-0.3, -0.25) is 29.4 Å². The smallest absolute Gasteiger partial charge is 0.262 e. The second-order valence-corrected chi connectivity index (χ2v) is 8.84. The lowest BCUT2D eigenvalue weighted by Gasteiger charge is -2.27. The molecule has 5 rings (SSSR count). The van der Waals surface area contributed by atoms with E-state index in [0.717, 1.165) is 40.8 Å². The van der Waals surface area contributed by atoms with E-state index >= 15 is 0 Å². The minimum absolute atomic E-state index is 0.110. The first-order valence-corrected chi connectivity index (χ1v) is 11.2. The molecule has 9 nitrogen and oxygen atoms in total. The highest BCUT2D eigenvalue weighted by Crippen LogP contribution is 2.39. The average Bonchev–Trinajstić information content (AvgIpc) is 3.45. The van der Waals surface area contributed by atoms with Gasteiger partial charge in [-0.15, -0.1) is 0 Å². The van der Waals surface area contributed by atoms with Gasteiger partial charge in [-0.2, -0.15) is 4.37 Å². The van der Waals surface area contributed by atoms with Crippen molar-refractivity contribution in [2.75, 3.05) is 11.9 Å². The summed E-state index contributed by atoms with van der Waals surface area (Å²) in [5.41, 5.74) is 1.57. The van der Waals surface area contributed by atoms with E-state index in [-0.39, 0.29) is 18.7 Å². The molecule has 1 atom stereocenters. The Labute approximate surface area is 182 Å². The van der Waals surface area contributed by atoms with Crippen molar-refractivity contribution in [3.63, 3.8) is 0 Å². The lowest BCUT2D eigenvalue weighted by molar-refractivity contribution is -0.136. The number of amides is 4. The molecular weight excluding hydrogens is 418 g/mol. The molecule has 2 fully saturated rings. The van der Waals surface area contributed by atoms with Crippen molar-refractivity contribution in [1.29, 1.82) is 0 Å². The number of carbonyl (C=O) groups is 4. The topological polar surface area (TPSA) is 121 Å². The van der Waals surface area contributed by atoms with Crippen LogP contribution in [0.4, 0.5) is 5.13 Å². The molecule has 0 bridgehead atoms. The molecular formula is C21H21N5O4S. The number of anilines is 1. The van der Waals surface area contributed by atoms with Gasteiger partial charge in [0.05, 0.1) is 11.1 Å². The quantitative estimate of drug-likeness (QED) is 0.499. The van der Waals surface area contributed by atoms with E-state index in [1.54, 1.807) is 12.1 Å². The molecule has 31 heavy (non-hydrogen) atoms. The van der Waals surface area contributed by atoms with Gasteiger partial charge in [0.25, 0.3) is 11.8 Å². The molecule has 2 aliphatic heterocycles. The molecule has 2 N–H and O–H groups in total. The highest BCUT2D eigenvalue weighted by molar-refractivity contribution is 7.09. The molecule has 160 valence electrons. The number of fused-ring (bicyclic) bond motifs is 1. The first-order valence-electron chi connectivity index (χ1n) is 10.4. The first kappa shape index (κ1) is 19.8. The van der Waals surface area contributed by atoms with E-state index in [0.29, 0.717) is 17.0 Å². The van der Waals surface area contributed by atoms with Crippen molar-refractivity contribution in [2.45, 2.75) is 50.5 Å². The highest BCUT2D eigenvalue weighted by atomic mass is 32.1. The number of aromatic nitrogens is 2. The summed E-state index contributed by atoms with van der Waals surface area (Å²) in [5.74, 6) is -0.459. The van der Waals surface area contributed by atoms with Gasteiger partial charge < -0.3 is 5.32 Å². The normalized spacial score (nSPS) is 20.8. The second kappa shape index (κ2) is 7.84. The van der Waals surface area contributed by atoms with E-state index in [2.05, 4.69) is 20.0 Å². The number of carbonyl (C=O) groups excluding carboxylic acids is 4. The summed E-state index contributed by atoms with van der Waals surface area (Å²) < 4.78 is 4.37. The Morgan fingerprint density at radius 1 is 1.10 bits per heavy atom. The lowest BCUT2D eigenvalue weighted by Crippen LogP contribution is -2.54. The van der Waals surface area contributed by atoms with Gasteiger partial charge in [-0.25, -0.2) is 4.98 Å². The van der Waals surface area contributed by atoms with Crippen LogP contribution in [0.1, 0.15) is 70.1 Å². The van der Waals surface area contributed by atoms with Crippen LogP contribution >= 0.6 is 11.5 Å². The number of benzene rings is 1. The Morgan fingerprint density at radius 3 is 2.68 bits per heavy atom. The second-order valence-electron chi connectivity index (χ2n) is 8.09. The van der Waals surface area contributed by atoms with Gasteiger partial charge >= 0.3 is 0 Å². The monoisotopic (exact) mass is 439 g/mol. The van der Waals surface area contributed by atoms with Crippen LogP contribution < -0.4 is 10.6 Å². The van der Waals surface area contributed by atoms with Crippen LogP contribution in [-0.2, 0) is 16.0 Å². The van der Waals surface area contributed by atoms with Gasteiger partial charge in [0.15, 0.2) is 0 Å². The van der Waals surface area contributed by atoms with Gasteiger partial charge in [0, 0.05) is 30.4 Å². The minimum Gasteiger partial charge on any atom is -0.360 e. The molecule has 1 saturated heterocycles. The van der Waals surface area contributed by atoms with Crippen LogP contribution in [-0.4, -0.2) is 50.5 Å². The maximum atomic E-state index is 12.9. The Morgan fingerprint density at radius 2 is 1.90 bits per heavy atom. The summed E-state index contributed by atoms with van der Waals surface area (Å²) in [6.45, 7) is 0.728. The minimum atomic E-state index is -0.940. The molecule has 1 aromatic carbocycles. The Kier molecular flexibility index (Phi) is 5.01. The van der Waals surface area contributed by atoms with E-state index in [1.807, 2.05) is 6.07 Å². The fraction of sp³-hybridized carbons (Fsp3) is 0.429.